The van der Waals surface area contributed by atoms with Crippen LogP contribution in [0.3, 0.4) is 0 Å². The maximum atomic E-state index is 13.9. The van der Waals surface area contributed by atoms with E-state index in [1.54, 1.807) is 0 Å². The average Bonchev–Trinajstić information content (AvgIpc) is 3.25. The lowest BCUT2D eigenvalue weighted by atomic mass is 9.34. The van der Waals surface area contributed by atoms with Crippen molar-refractivity contribution >= 4 is 17.8 Å². The number of hydrogen-bond acceptors (Lipinski definition) is 6. The number of amides is 1. The molecule has 7 fully saturated rings. The van der Waals surface area contributed by atoms with Crippen LogP contribution in [0.25, 0.3) is 0 Å². The Kier molecular flexibility index (Phi) is 4.39. The Hall–Kier alpha value is -1.63. The summed E-state index contributed by atoms with van der Waals surface area (Å²) in [5, 5.41) is 0. The molecule has 176 valence electrons. The SMILES string of the molecule is CC(=O)O[C@@H]1[C@@H](OC(C)=O)C23CCC(CC2)C[C@H]3[C@@]23CCC[C@@](C)(C(=O)N4CCO[C@H]42)[C@@H]13. The second kappa shape index (κ2) is 6.71. The largest absolute Gasteiger partial charge is 0.458 e. The first kappa shape index (κ1) is 20.9. The number of ether oxygens (including phenoxy) is 3. The van der Waals surface area contributed by atoms with Gasteiger partial charge in [-0.25, -0.2) is 0 Å². The van der Waals surface area contributed by atoms with E-state index in [-0.39, 0.29) is 40.8 Å². The van der Waals surface area contributed by atoms with Crippen LogP contribution in [0.5, 0.6) is 0 Å². The zero-order chi connectivity index (χ0) is 22.5. The van der Waals surface area contributed by atoms with Crippen molar-refractivity contribution in [3.63, 3.8) is 0 Å². The molecule has 32 heavy (non-hydrogen) atoms. The van der Waals surface area contributed by atoms with Gasteiger partial charge in [0.15, 0.2) is 0 Å². The molecule has 2 heterocycles. The van der Waals surface area contributed by atoms with Gasteiger partial charge in [0.05, 0.1) is 12.0 Å². The van der Waals surface area contributed by atoms with Gasteiger partial charge in [-0.3, -0.25) is 14.4 Å². The molecule has 0 aromatic heterocycles. The number of fused-ring (bicyclic) bond motifs is 3. The van der Waals surface area contributed by atoms with Crippen LogP contribution >= 0.6 is 0 Å². The van der Waals surface area contributed by atoms with Gasteiger partial charge in [0.2, 0.25) is 5.91 Å². The van der Waals surface area contributed by atoms with Crippen LogP contribution in [0.1, 0.15) is 72.1 Å². The van der Waals surface area contributed by atoms with Crippen molar-refractivity contribution in [1.82, 2.24) is 4.90 Å². The minimum absolute atomic E-state index is 0.121. The molecule has 0 radical (unpaired) electrons. The number of carbonyl (C=O) groups excluding carboxylic acids is 3. The third-order valence-electron chi connectivity index (χ3n) is 10.4. The van der Waals surface area contributed by atoms with E-state index in [0.29, 0.717) is 25.0 Å². The predicted molar refractivity (Wildman–Crippen MR) is 113 cm³/mol. The molecule has 7 heteroatoms. The zero-order valence-electron chi connectivity index (χ0n) is 19.4. The van der Waals surface area contributed by atoms with E-state index >= 15 is 0 Å². The van der Waals surface area contributed by atoms with E-state index in [0.717, 1.165) is 51.4 Å². The molecule has 1 spiro atoms. The summed E-state index contributed by atoms with van der Waals surface area (Å²) in [6.07, 6.45) is 6.71. The fourth-order valence-corrected chi connectivity index (χ4v) is 9.66. The monoisotopic (exact) mass is 445 g/mol. The fourth-order valence-electron chi connectivity index (χ4n) is 9.66. The normalized spacial score (nSPS) is 50.8. The number of carbonyl (C=O) groups is 3. The second-order valence-electron chi connectivity index (χ2n) is 11.7. The van der Waals surface area contributed by atoms with E-state index in [2.05, 4.69) is 6.92 Å². The summed E-state index contributed by atoms with van der Waals surface area (Å²) in [4.78, 5) is 40.6. The van der Waals surface area contributed by atoms with E-state index in [4.69, 9.17) is 14.2 Å². The molecule has 0 unspecified atom stereocenters. The topological polar surface area (TPSA) is 82.1 Å². The summed E-state index contributed by atoms with van der Waals surface area (Å²) in [6, 6.07) is 0. The lowest BCUT2D eigenvalue weighted by Gasteiger charge is -2.74. The third-order valence-corrected chi connectivity index (χ3v) is 10.4. The molecular formula is C25H35NO6. The van der Waals surface area contributed by atoms with Gasteiger partial charge in [-0.05, 0) is 56.8 Å². The number of piperidine rings is 1. The van der Waals surface area contributed by atoms with Gasteiger partial charge < -0.3 is 19.1 Å². The van der Waals surface area contributed by atoms with Crippen LogP contribution in [0.4, 0.5) is 0 Å². The molecule has 7 atom stereocenters. The van der Waals surface area contributed by atoms with Gasteiger partial charge in [0, 0.05) is 37.1 Å². The fraction of sp³-hybridized carbons (Fsp3) is 0.880. The van der Waals surface area contributed by atoms with Crippen molar-refractivity contribution in [2.75, 3.05) is 13.2 Å². The molecular weight excluding hydrogens is 410 g/mol. The van der Waals surface area contributed by atoms with E-state index in [9.17, 15) is 14.4 Å². The molecule has 5 aliphatic carbocycles. The van der Waals surface area contributed by atoms with E-state index < -0.39 is 17.6 Å². The van der Waals surface area contributed by atoms with Crippen molar-refractivity contribution in [1.29, 1.82) is 0 Å². The Morgan fingerprint density at radius 1 is 1.06 bits per heavy atom. The van der Waals surface area contributed by atoms with Crippen LogP contribution in [0.2, 0.25) is 0 Å². The summed E-state index contributed by atoms with van der Waals surface area (Å²) in [6.45, 7) is 6.16. The summed E-state index contributed by atoms with van der Waals surface area (Å²) < 4.78 is 18.6. The van der Waals surface area contributed by atoms with Crippen LogP contribution in [0, 0.1) is 34.0 Å². The molecule has 0 aromatic rings. The third kappa shape index (κ3) is 2.39. The molecule has 0 aromatic carbocycles. The van der Waals surface area contributed by atoms with Gasteiger partial charge in [-0.2, -0.15) is 0 Å². The molecule has 0 N–H and O–H groups in total. The van der Waals surface area contributed by atoms with E-state index in [1.807, 2.05) is 4.90 Å². The Morgan fingerprint density at radius 3 is 2.47 bits per heavy atom. The highest BCUT2D eigenvalue weighted by atomic mass is 16.6. The Bertz CT molecular complexity index is 864. The molecule has 7 nitrogen and oxygen atoms in total. The standard InChI is InChI=1S/C25H35NO6/c1-14(27)31-18-19-23(3)7-4-8-25(19,22-26(21(23)29)11-12-30-22)17-13-16-5-9-24(17,10-6-16)20(18)32-15(2)28/h16-20,22H,4-13H2,1-3H3/t16?,17-,18+,19-,20-,22+,23-,24?,25-/m1/s1. The maximum Gasteiger partial charge on any atom is 0.303 e. The maximum absolute atomic E-state index is 13.9. The summed E-state index contributed by atoms with van der Waals surface area (Å²) in [7, 11) is 0. The van der Waals surface area contributed by atoms with Gasteiger partial charge in [0.1, 0.15) is 18.4 Å². The van der Waals surface area contributed by atoms with Crippen molar-refractivity contribution in [3.8, 4) is 0 Å². The molecule has 2 saturated heterocycles. The quantitative estimate of drug-likeness (QED) is 0.608. The van der Waals surface area contributed by atoms with Crippen molar-refractivity contribution in [2.24, 2.45) is 34.0 Å². The number of esters is 2. The van der Waals surface area contributed by atoms with Gasteiger partial charge in [0.25, 0.3) is 0 Å². The number of hydrogen-bond donors (Lipinski definition) is 0. The lowest BCUT2D eigenvalue weighted by Crippen LogP contribution is -2.79. The Morgan fingerprint density at radius 2 is 1.78 bits per heavy atom. The first-order valence-corrected chi connectivity index (χ1v) is 12.5. The lowest BCUT2D eigenvalue weighted by molar-refractivity contribution is -0.327. The smallest absolute Gasteiger partial charge is 0.303 e. The first-order valence-electron chi connectivity index (χ1n) is 12.5. The van der Waals surface area contributed by atoms with Crippen LogP contribution in [0.15, 0.2) is 0 Å². The van der Waals surface area contributed by atoms with Crippen LogP contribution < -0.4 is 0 Å². The van der Waals surface area contributed by atoms with Crippen molar-refractivity contribution < 1.29 is 28.6 Å². The second-order valence-corrected chi connectivity index (χ2v) is 11.7. The van der Waals surface area contributed by atoms with Crippen molar-refractivity contribution in [3.05, 3.63) is 0 Å². The summed E-state index contributed by atoms with van der Waals surface area (Å²) in [5.74, 6) is 0.211. The number of rotatable bonds is 2. The molecule has 7 rings (SSSR count). The predicted octanol–water partition coefficient (Wildman–Crippen LogP) is 3.05. The Labute approximate surface area is 189 Å². The van der Waals surface area contributed by atoms with Crippen molar-refractivity contribution in [2.45, 2.75) is 90.6 Å². The molecule has 7 aliphatic rings. The molecule has 2 aliphatic heterocycles. The molecule has 5 saturated carbocycles. The minimum atomic E-state index is -0.640. The Balaban J connectivity index is 1.60. The van der Waals surface area contributed by atoms with Crippen LogP contribution in [-0.4, -0.2) is 54.3 Å². The highest BCUT2D eigenvalue weighted by molar-refractivity contribution is 5.85. The van der Waals surface area contributed by atoms with Gasteiger partial charge in [-0.15, -0.1) is 0 Å². The van der Waals surface area contributed by atoms with Gasteiger partial charge in [-0.1, -0.05) is 13.3 Å². The van der Waals surface area contributed by atoms with Gasteiger partial charge >= 0.3 is 11.9 Å². The van der Waals surface area contributed by atoms with Crippen LogP contribution in [-0.2, 0) is 28.6 Å². The highest BCUT2D eigenvalue weighted by Gasteiger charge is 2.79. The average molecular weight is 446 g/mol. The van der Waals surface area contributed by atoms with E-state index in [1.165, 1.54) is 13.8 Å². The summed E-state index contributed by atoms with van der Waals surface area (Å²) in [5.41, 5.74) is -1.11. The zero-order valence-corrected chi connectivity index (χ0v) is 19.4. The first-order chi connectivity index (χ1) is 15.2. The number of nitrogens with zero attached hydrogens (tertiary/aromatic N) is 1. The molecule has 4 bridgehead atoms. The summed E-state index contributed by atoms with van der Waals surface area (Å²) >= 11 is 0. The highest BCUT2D eigenvalue weighted by Crippen LogP contribution is 2.75. The minimum Gasteiger partial charge on any atom is -0.458 e. The molecule has 1 amide bonds.